The third-order valence-corrected chi connectivity index (χ3v) is 3.09. The Morgan fingerprint density at radius 1 is 1.65 bits per heavy atom. The van der Waals surface area contributed by atoms with E-state index in [1.165, 1.54) is 0 Å². The third kappa shape index (κ3) is 3.50. The molecule has 0 atom stereocenters. The number of aliphatic imine (C=N–C) groups is 1. The molecular weight excluding hydrogens is 230 g/mol. The SMILES string of the molecule is C#Cc1cc(N=CN(C)CC)c(C)nc1SC. The number of pyridine rings is 1. The number of thioether (sulfide) groups is 1. The monoisotopic (exact) mass is 247 g/mol. The number of terminal acetylenes is 1. The van der Waals surface area contributed by atoms with Crippen molar-refractivity contribution in [2.45, 2.75) is 18.9 Å². The Hall–Kier alpha value is -1.47. The first-order valence-corrected chi connectivity index (χ1v) is 6.61. The van der Waals surface area contributed by atoms with Crippen LogP contribution < -0.4 is 0 Å². The van der Waals surface area contributed by atoms with Crippen LogP contribution in [0, 0.1) is 19.3 Å². The Labute approximate surface area is 107 Å². The van der Waals surface area contributed by atoms with Crippen molar-refractivity contribution >= 4 is 23.8 Å². The molecule has 1 heterocycles. The van der Waals surface area contributed by atoms with E-state index in [0.29, 0.717) is 0 Å². The molecule has 0 radical (unpaired) electrons. The smallest absolute Gasteiger partial charge is 0.112 e. The van der Waals surface area contributed by atoms with Crippen molar-refractivity contribution in [1.82, 2.24) is 9.88 Å². The number of aromatic nitrogens is 1. The van der Waals surface area contributed by atoms with Crippen LogP contribution in [-0.4, -0.2) is 36.1 Å². The lowest BCUT2D eigenvalue weighted by Gasteiger charge is -2.09. The van der Waals surface area contributed by atoms with Gasteiger partial charge in [0.1, 0.15) is 5.03 Å². The largest absolute Gasteiger partial charge is 0.366 e. The summed E-state index contributed by atoms with van der Waals surface area (Å²) in [5.41, 5.74) is 2.53. The van der Waals surface area contributed by atoms with Crippen LogP contribution in [0.15, 0.2) is 16.1 Å². The van der Waals surface area contributed by atoms with E-state index < -0.39 is 0 Å². The van der Waals surface area contributed by atoms with Gasteiger partial charge in [0.25, 0.3) is 0 Å². The summed E-state index contributed by atoms with van der Waals surface area (Å²) in [6, 6.07) is 1.91. The lowest BCUT2D eigenvalue weighted by molar-refractivity contribution is 0.552. The number of hydrogen-bond acceptors (Lipinski definition) is 3. The van der Waals surface area contributed by atoms with Crippen LogP contribution in [0.3, 0.4) is 0 Å². The predicted octanol–water partition coefficient (Wildman–Crippen LogP) is 2.70. The molecule has 1 rings (SSSR count). The Bertz CT molecular complexity index is 460. The Kier molecular flexibility index (Phi) is 5.05. The molecule has 0 unspecified atom stereocenters. The van der Waals surface area contributed by atoms with Crippen molar-refractivity contribution in [3.63, 3.8) is 0 Å². The van der Waals surface area contributed by atoms with Crippen molar-refractivity contribution in [2.75, 3.05) is 19.8 Å². The van der Waals surface area contributed by atoms with Crippen molar-refractivity contribution in [2.24, 2.45) is 4.99 Å². The van der Waals surface area contributed by atoms with Gasteiger partial charge in [-0.25, -0.2) is 9.98 Å². The molecule has 0 aromatic carbocycles. The summed E-state index contributed by atoms with van der Waals surface area (Å²) < 4.78 is 0. The summed E-state index contributed by atoms with van der Waals surface area (Å²) in [6.07, 6.45) is 9.23. The van der Waals surface area contributed by atoms with Crippen molar-refractivity contribution in [3.05, 3.63) is 17.3 Å². The maximum absolute atomic E-state index is 5.46. The molecule has 0 bridgehead atoms. The van der Waals surface area contributed by atoms with Crippen LogP contribution in [0.25, 0.3) is 0 Å². The molecule has 0 aliphatic heterocycles. The molecule has 0 aliphatic rings. The van der Waals surface area contributed by atoms with Gasteiger partial charge in [0, 0.05) is 13.6 Å². The summed E-state index contributed by atoms with van der Waals surface area (Å²) in [4.78, 5) is 10.8. The first-order valence-electron chi connectivity index (χ1n) is 5.39. The van der Waals surface area contributed by atoms with E-state index in [9.17, 15) is 0 Å². The maximum Gasteiger partial charge on any atom is 0.112 e. The Balaban J connectivity index is 3.10. The number of aryl methyl sites for hydroxylation is 1. The van der Waals surface area contributed by atoms with Crippen molar-refractivity contribution in [1.29, 1.82) is 0 Å². The summed E-state index contributed by atoms with van der Waals surface area (Å²) in [5, 5.41) is 0.882. The zero-order chi connectivity index (χ0) is 12.8. The van der Waals surface area contributed by atoms with Crippen LogP contribution in [0.4, 0.5) is 5.69 Å². The minimum absolute atomic E-state index is 0.800. The van der Waals surface area contributed by atoms with E-state index in [1.54, 1.807) is 18.1 Å². The standard InChI is InChI=1S/C13H17N3S/c1-6-11-8-12(14-9-16(4)7-2)10(3)15-13(11)17-5/h1,8-9H,7H2,2-5H3. The normalized spacial score (nSPS) is 10.5. The van der Waals surface area contributed by atoms with E-state index in [1.807, 2.05) is 31.2 Å². The minimum Gasteiger partial charge on any atom is -0.366 e. The molecule has 17 heavy (non-hydrogen) atoms. The van der Waals surface area contributed by atoms with Crippen LogP contribution in [0.1, 0.15) is 18.2 Å². The Morgan fingerprint density at radius 3 is 2.88 bits per heavy atom. The van der Waals surface area contributed by atoms with Gasteiger partial charge in [-0.2, -0.15) is 0 Å². The van der Waals surface area contributed by atoms with Crippen LogP contribution >= 0.6 is 11.8 Å². The first kappa shape index (κ1) is 13.6. The molecule has 4 heteroatoms. The number of rotatable bonds is 4. The highest BCUT2D eigenvalue weighted by molar-refractivity contribution is 7.98. The van der Waals surface area contributed by atoms with E-state index in [-0.39, 0.29) is 0 Å². The van der Waals surface area contributed by atoms with Gasteiger partial charge in [-0.1, -0.05) is 5.92 Å². The molecular formula is C13H17N3S. The Morgan fingerprint density at radius 2 is 2.35 bits per heavy atom. The lowest BCUT2D eigenvalue weighted by atomic mass is 10.2. The predicted molar refractivity (Wildman–Crippen MR) is 75.1 cm³/mol. The topological polar surface area (TPSA) is 28.5 Å². The fraction of sp³-hybridized carbons (Fsp3) is 0.385. The lowest BCUT2D eigenvalue weighted by Crippen LogP contribution is -2.14. The summed E-state index contributed by atoms with van der Waals surface area (Å²) in [7, 11) is 1.98. The molecule has 1 aromatic heterocycles. The second-order valence-corrected chi connectivity index (χ2v) is 4.41. The van der Waals surface area contributed by atoms with Crippen LogP contribution in [0.2, 0.25) is 0 Å². The van der Waals surface area contributed by atoms with Gasteiger partial charge >= 0.3 is 0 Å². The van der Waals surface area contributed by atoms with Gasteiger partial charge in [-0.05, 0) is 26.2 Å². The fourth-order valence-corrected chi connectivity index (χ4v) is 1.77. The van der Waals surface area contributed by atoms with E-state index in [4.69, 9.17) is 6.42 Å². The molecule has 0 saturated carbocycles. The molecule has 1 aromatic rings. The highest BCUT2D eigenvalue weighted by Crippen LogP contribution is 2.25. The zero-order valence-electron chi connectivity index (χ0n) is 10.7. The van der Waals surface area contributed by atoms with E-state index in [0.717, 1.165) is 28.5 Å². The van der Waals surface area contributed by atoms with Gasteiger partial charge in [0.05, 0.1) is 23.3 Å². The van der Waals surface area contributed by atoms with Crippen molar-refractivity contribution in [3.8, 4) is 12.3 Å². The van der Waals surface area contributed by atoms with Gasteiger partial charge in [-0.3, -0.25) is 0 Å². The molecule has 0 N–H and O–H groups in total. The van der Waals surface area contributed by atoms with Gasteiger partial charge in [0.15, 0.2) is 0 Å². The average Bonchev–Trinajstić information content (AvgIpc) is 2.36. The minimum atomic E-state index is 0.800. The average molecular weight is 247 g/mol. The molecule has 0 fully saturated rings. The number of hydrogen-bond donors (Lipinski definition) is 0. The first-order chi connectivity index (χ1) is 8.12. The third-order valence-electron chi connectivity index (χ3n) is 2.39. The van der Waals surface area contributed by atoms with Crippen LogP contribution in [0.5, 0.6) is 0 Å². The molecule has 0 saturated heterocycles. The summed E-state index contributed by atoms with van der Waals surface area (Å²) in [5.74, 6) is 2.64. The summed E-state index contributed by atoms with van der Waals surface area (Å²) >= 11 is 1.56. The van der Waals surface area contributed by atoms with Crippen molar-refractivity contribution < 1.29 is 0 Å². The molecule has 3 nitrogen and oxygen atoms in total. The quantitative estimate of drug-likeness (QED) is 0.354. The molecule has 0 aliphatic carbocycles. The zero-order valence-corrected chi connectivity index (χ0v) is 11.5. The van der Waals surface area contributed by atoms with Crippen LogP contribution in [-0.2, 0) is 0 Å². The highest BCUT2D eigenvalue weighted by Gasteiger charge is 2.06. The van der Waals surface area contributed by atoms with Gasteiger partial charge < -0.3 is 4.90 Å². The number of nitrogens with zero attached hydrogens (tertiary/aromatic N) is 3. The summed E-state index contributed by atoms with van der Waals surface area (Å²) in [6.45, 7) is 4.93. The molecule has 0 amide bonds. The maximum atomic E-state index is 5.46. The second kappa shape index (κ2) is 6.31. The van der Waals surface area contributed by atoms with E-state index >= 15 is 0 Å². The van der Waals surface area contributed by atoms with Gasteiger partial charge in [-0.15, -0.1) is 18.2 Å². The second-order valence-electron chi connectivity index (χ2n) is 3.61. The fourth-order valence-electron chi connectivity index (χ4n) is 1.20. The highest BCUT2D eigenvalue weighted by atomic mass is 32.2. The molecule has 90 valence electrons. The van der Waals surface area contributed by atoms with E-state index in [2.05, 4.69) is 22.8 Å². The van der Waals surface area contributed by atoms with Gasteiger partial charge in [0.2, 0.25) is 0 Å². The molecule has 0 spiro atoms.